The van der Waals surface area contributed by atoms with Crippen LogP contribution in [0.15, 0.2) is 137 Å². The Labute approximate surface area is 283 Å². The number of allylic oxidation sites excluding steroid dienone is 1. The van der Waals surface area contributed by atoms with Crippen LogP contribution in [0.4, 0.5) is 5.69 Å². The van der Waals surface area contributed by atoms with Gasteiger partial charge in [0.1, 0.15) is 6.17 Å². The minimum atomic E-state index is -3.90. The molecule has 0 bridgehead atoms. The summed E-state index contributed by atoms with van der Waals surface area (Å²) in [5.41, 5.74) is 4.33. The number of anilines is 1. The van der Waals surface area contributed by atoms with Gasteiger partial charge in [-0.3, -0.25) is 4.31 Å². The predicted octanol–water partition coefficient (Wildman–Crippen LogP) is 7.36. The normalized spacial score (nSPS) is 19.6. The molecule has 0 aromatic heterocycles. The van der Waals surface area contributed by atoms with Crippen molar-refractivity contribution in [3.63, 3.8) is 0 Å². The molecule has 0 spiro atoms. The molecule has 7 rings (SSSR count). The summed E-state index contributed by atoms with van der Waals surface area (Å²) in [6, 6.07) is 36.0. The average Bonchev–Trinajstić information content (AvgIpc) is 3.59. The maximum atomic E-state index is 14.2. The van der Waals surface area contributed by atoms with Crippen LogP contribution in [0.2, 0.25) is 0 Å². The summed E-state index contributed by atoms with van der Waals surface area (Å²) >= 11 is 0. The highest BCUT2D eigenvalue weighted by Crippen LogP contribution is 2.54. The number of hydrogen-bond donors (Lipinski definition) is 0. The number of aryl methyl sites for hydroxylation is 2. The third-order valence-electron chi connectivity index (χ3n) is 9.89. The van der Waals surface area contributed by atoms with Crippen LogP contribution in [0, 0.1) is 13.8 Å². The van der Waals surface area contributed by atoms with E-state index in [2.05, 4.69) is 11.0 Å². The van der Waals surface area contributed by atoms with E-state index in [9.17, 15) is 16.8 Å². The topological polar surface area (TPSA) is 78.0 Å². The fourth-order valence-corrected chi connectivity index (χ4v) is 10.4. The minimum Gasteiger partial charge on any atom is -0.357 e. The van der Waals surface area contributed by atoms with Crippen molar-refractivity contribution in [2.24, 2.45) is 0 Å². The average molecular weight is 678 g/mol. The Hall–Kier alpha value is -4.44. The van der Waals surface area contributed by atoms with Crippen LogP contribution in [-0.4, -0.2) is 45.2 Å². The number of sulfonamides is 2. The standard InChI is InChI=1S/C39H39N3O4S2/c1-29-13-19-34(20-14-29)47(43,44)41(28-31-17-18-32-9-4-5-10-33(32)27-31)25-8-23-39-24-26-42(48(45,46)35-21-15-30(2)16-22-35)38(39)40(3)37-12-7-6-11-36(37)39/h4-22,25,27,38H,23-24,26,28H2,1-3H3/b25-8-/t38-,39-/m0/s1. The molecule has 0 radical (unpaired) electrons. The van der Waals surface area contributed by atoms with Gasteiger partial charge in [-0.05, 0) is 85.0 Å². The zero-order chi connectivity index (χ0) is 33.7. The van der Waals surface area contributed by atoms with Crippen LogP contribution in [0.3, 0.4) is 0 Å². The maximum absolute atomic E-state index is 14.2. The first-order chi connectivity index (χ1) is 23.0. The highest BCUT2D eigenvalue weighted by atomic mass is 32.2. The SMILES string of the molecule is Cc1ccc(S(=O)(=O)N(/C=C\C[C@@]23CCN(S(=O)(=O)c4ccc(C)cc4)[C@@H]2N(C)c2ccccc23)Cc2ccc3ccccc3c2)cc1. The van der Waals surface area contributed by atoms with Crippen molar-refractivity contribution in [2.45, 2.75) is 54.6 Å². The van der Waals surface area contributed by atoms with Crippen molar-refractivity contribution >= 4 is 36.5 Å². The van der Waals surface area contributed by atoms with Crippen molar-refractivity contribution in [2.75, 3.05) is 18.5 Å². The summed E-state index contributed by atoms with van der Waals surface area (Å²) in [6.07, 6.45) is 4.18. The van der Waals surface area contributed by atoms with Gasteiger partial charge in [0, 0.05) is 30.9 Å². The molecule has 0 saturated carbocycles. The summed E-state index contributed by atoms with van der Waals surface area (Å²) < 4.78 is 59.6. The molecule has 0 amide bonds. The molecule has 48 heavy (non-hydrogen) atoms. The lowest BCUT2D eigenvalue weighted by Gasteiger charge is -2.35. The molecular formula is C39H39N3O4S2. The first kappa shape index (κ1) is 32.1. The molecule has 2 aliphatic rings. The van der Waals surface area contributed by atoms with Gasteiger partial charge in [-0.2, -0.15) is 4.31 Å². The fourth-order valence-electron chi connectivity index (χ4n) is 7.38. The van der Waals surface area contributed by atoms with E-state index in [1.165, 1.54) is 4.31 Å². The van der Waals surface area contributed by atoms with Gasteiger partial charge in [-0.1, -0.05) is 96.1 Å². The third-order valence-corrected chi connectivity index (χ3v) is 13.5. The lowest BCUT2D eigenvalue weighted by atomic mass is 9.76. The largest absolute Gasteiger partial charge is 0.357 e. The summed E-state index contributed by atoms with van der Waals surface area (Å²) in [7, 11) is -5.75. The highest BCUT2D eigenvalue weighted by molar-refractivity contribution is 7.89. The van der Waals surface area contributed by atoms with E-state index in [1.807, 2.05) is 99.8 Å². The van der Waals surface area contributed by atoms with Gasteiger partial charge in [0.2, 0.25) is 10.0 Å². The Morgan fingerprint density at radius 3 is 2.10 bits per heavy atom. The summed E-state index contributed by atoms with van der Waals surface area (Å²) in [5, 5.41) is 2.13. The van der Waals surface area contributed by atoms with Gasteiger partial charge >= 0.3 is 0 Å². The molecule has 2 atom stereocenters. The van der Waals surface area contributed by atoms with Gasteiger partial charge in [-0.25, -0.2) is 16.8 Å². The van der Waals surface area contributed by atoms with Gasteiger partial charge < -0.3 is 4.90 Å². The van der Waals surface area contributed by atoms with Crippen molar-refractivity contribution in [1.29, 1.82) is 0 Å². The number of hydrogen-bond acceptors (Lipinski definition) is 5. The summed E-state index contributed by atoms with van der Waals surface area (Å²) in [6.45, 7) is 4.38. The van der Waals surface area contributed by atoms with Crippen molar-refractivity contribution in [3.05, 3.63) is 150 Å². The summed E-state index contributed by atoms with van der Waals surface area (Å²) in [4.78, 5) is 2.56. The Kier molecular flexibility index (Phi) is 8.18. The van der Waals surface area contributed by atoms with E-state index in [-0.39, 0.29) is 16.3 Å². The number of likely N-dealkylation sites (N-methyl/N-ethyl adjacent to an activating group) is 1. The Morgan fingerprint density at radius 1 is 0.771 bits per heavy atom. The van der Waals surface area contributed by atoms with E-state index in [4.69, 9.17) is 0 Å². The second kappa shape index (κ2) is 12.2. The molecule has 0 aliphatic carbocycles. The first-order valence-corrected chi connectivity index (χ1v) is 19.0. The third kappa shape index (κ3) is 5.49. The molecule has 246 valence electrons. The summed E-state index contributed by atoms with van der Waals surface area (Å²) in [5.74, 6) is 0. The van der Waals surface area contributed by atoms with Gasteiger partial charge in [0.15, 0.2) is 0 Å². The lowest BCUT2D eigenvalue weighted by molar-refractivity contribution is 0.313. The molecule has 0 N–H and O–H groups in total. The number of benzene rings is 5. The molecule has 5 aromatic rings. The highest BCUT2D eigenvalue weighted by Gasteiger charge is 2.58. The van der Waals surface area contributed by atoms with Crippen LogP contribution in [0.25, 0.3) is 10.8 Å². The minimum absolute atomic E-state index is 0.151. The van der Waals surface area contributed by atoms with Gasteiger partial charge in [0.05, 0.1) is 16.3 Å². The van der Waals surface area contributed by atoms with Crippen LogP contribution >= 0.6 is 0 Å². The molecule has 2 heterocycles. The van der Waals surface area contributed by atoms with Crippen LogP contribution in [-0.2, 0) is 32.0 Å². The molecular weight excluding hydrogens is 639 g/mol. The molecule has 9 heteroatoms. The zero-order valence-corrected chi connectivity index (χ0v) is 29.0. The van der Waals surface area contributed by atoms with E-state index in [0.717, 1.165) is 38.7 Å². The number of nitrogens with zero attached hydrogens (tertiary/aromatic N) is 3. The monoisotopic (exact) mass is 677 g/mol. The van der Waals surface area contributed by atoms with Crippen molar-refractivity contribution in [1.82, 2.24) is 8.61 Å². The molecule has 1 saturated heterocycles. The Balaban J connectivity index is 1.26. The number of para-hydroxylation sites is 1. The smallest absolute Gasteiger partial charge is 0.264 e. The predicted molar refractivity (Wildman–Crippen MR) is 192 cm³/mol. The molecule has 5 aromatic carbocycles. The molecule has 7 nitrogen and oxygen atoms in total. The number of rotatable bonds is 9. The number of fused-ring (bicyclic) bond motifs is 4. The van der Waals surface area contributed by atoms with Crippen molar-refractivity contribution in [3.8, 4) is 0 Å². The van der Waals surface area contributed by atoms with Crippen molar-refractivity contribution < 1.29 is 16.8 Å². The van der Waals surface area contributed by atoms with Gasteiger partial charge in [-0.15, -0.1) is 0 Å². The first-order valence-electron chi connectivity index (χ1n) is 16.1. The van der Waals surface area contributed by atoms with Gasteiger partial charge in [0.25, 0.3) is 10.0 Å². The lowest BCUT2D eigenvalue weighted by Crippen LogP contribution is -2.50. The molecule has 1 fully saturated rings. The van der Waals surface area contributed by atoms with Crippen LogP contribution in [0.1, 0.15) is 35.1 Å². The molecule has 0 unspecified atom stereocenters. The quantitative estimate of drug-likeness (QED) is 0.163. The Morgan fingerprint density at radius 2 is 1.40 bits per heavy atom. The zero-order valence-electron chi connectivity index (χ0n) is 27.3. The van der Waals surface area contributed by atoms with E-state index in [0.29, 0.717) is 19.4 Å². The van der Waals surface area contributed by atoms with Crippen LogP contribution < -0.4 is 4.90 Å². The second-order valence-electron chi connectivity index (χ2n) is 13.0. The maximum Gasteiger partial charge on any atom is 0.264 e. The van der Waals surface area contributed by atoms with Crippen LogP contribution in [0.5, 0.6) is 0 Å². The molecule has 2 aliphatic heterocycles. The van der Waals surface area contributed by atoms with E-state index in [1.54, 1.807) is 46.9 Å². The Bertz CT molecular complexity index is 2230. The second-order valence-corrected chi connectivity index (χ2v) is 16.8. The fraction of sp³-hybridized carbons (Fsp3) is 0.231. The van der Waals surface area contributed by atoms with E-state index >= 15 is 0 Å². The van der Waals surface area contributed by atoms with E-state index < -0.39 is 31.6 Å².